The third kappa shape index (κ3) is 3.04. The van der Waals surface area contributed by atoms with Crippen molar-refractivity contribution in [2.24, 2.45) is 0 Å². The van der Waals surface area contributed by atoms with Crippen LogP contribution in [0.25, 0.3) is 0 Å². The first kappa shape index (κ1) is 12.7. The van der Waals surface area contributed by atoms with Crippen molar-refractivity contribution < 1.29 is 22.5 Å². The first-order chi connectivity index (χ1) is 7.46. The van der Waals surface area contributed by atoms with Crippen molar-refractivity contribution >= 4 is 16.1 Å². The van der Waals surface area contributed by atoms with E-state index < -0.39 is 21.0 Å². The van der Waals surface area contributed by atoms with Gasteiger partial charge in [-0.25, -0.2) is 4.79 Å². The van der Waals surface area contributed by atoms with Crippen LogP contribution in [-0.4, -0.2) is 25.5 Å². The van der Waals surface area contributed by atoms with Crippen molar-refractivity contribution in [1.29, 1.82) is 0 Å². The fourth-order valence-corrected chi connectivity index (χ4v) is 1.81. The molecular formula is C10H12O5S. The van der Waals surface area contributed by atoms with Gasteiger partial charge in [0.25, 0.3) is 10.1 Å². The molecule has 0 radical (unpaired) electrons. The van der Waals surface area contributed by atoms with Crippen molar-refractivity contribution in [3.8, 4) is 0 Å². The van der Waals surface area contributed by atoms with E-state index in [1.54, 1.807) is 0 Å². The molecule has 6 heteroatoms. The van der Waals surface area contributed by atoms with Gasteiger partial charge < -0.3 is 4.74 Å². The molecule has 0 saturated heterocycles. The predicted octanol–water partition coefficient (Wildman–Crippen LogP) is 1.50. The van der Waals surface area contributed by atoms with Crippen molar-refractivity contribution in [3.05, 3.63) is 29.8 Å². The Morgan fingerprint density at radius 3 is 2.56 bits per heavy atom. The van der Waals surface area contributed by atoms with E-state index in [9.17, 15) is 13.2 Å². The van der Waals surface area contributed by atoms with Crippen molar-refractivity contribution in [2.75, 3.05) is 6.61 Å². The lowest BCUT2D eigenvalue weighted by atomic mass is 10.2. The highest BCUT2D eigenvalue weighted by atomic mass is 32.2. The molecule has 0 saturated carbocycles. The average molecular weight is 244 g/mol. The number of hydrogen-bond acceptors (Lipinski definition) is 4. The van der Waals surface area contributed by atoms with Crippen molar-refractivity contribution in [3.63, 3.8) is 0 Å². The highest BCUT2D eigenvalue weighted by Gasteiger charge is 2.20. The molecule has 1 N–H and O–H groups in total. The van der Waals surface area contributed by atoms with Gasteiger partial charge in [0.15, 0.2) is 0 Å². The van der Waals surface area contributed by atoms with E-state index in [4.69, 9.17) is 9.29 Å². The van der Waals surface area contributed by atoms with Crippen LogP contribution < -0.4 is 0 Å². The molecule has 0 bridgehead atoms. The highest BCUT2D eigenvalue weighted by molar-refractivity contribution is 7.86. The molecule has 0 spiro atoms. The monoisotopic (exact) mass is 244 g/mol. The molecular weight excluding hydrogens is 232 g/mol. The summed E-state index contributed by atoms with van der Waals surface area (Å²) >= 11 is 0. The molecule has 0 aromatic heterocycles. The van der Waals surface area contributed by atoms with Gasteiger partial charge in [0.05, 0.1) is 12.2 Å². The minimum atomic E-state index is -4.40. The zero-order valence-electron chi connectivity index (χ0n) is 8.71. The molecule has 0 fully saturated rings. The molecule has 5 nitrogen and oxygen atoms in total. The Labute approximate surface area is 93.8 Å². The standard InChI is InChI=1S/C10H12O5S/c1-2-7-15-10(11)8-5-3-4-6-9(8)16(12,13)14/h3-6H,2,7H2,1H3,(H,12,13,14). The third-order valence-electron chi connectivity index (χ3n) is 1.82. The summed E-state index contributed by atoms with van der Waals surface area (Å²) in [6.07, 6.45) is 0.639. The third-order valence-corrected chi connectivity index (χ3v) is 2.73. The summed E-state index contributed by atoms with van der Waals surface area (Å²) in [4.78, 5) is 11.0. The Morgan fingerprint density at radius 1 is 1.38 bits per heavy atom. The van der Waals surface area contributed by atoms with Gasteiger partial charge in [0, 0.05) is 0 Å². The first-order valence-electron chi connectivity index (χ1n) is 4.70. The fourth-order valence-electron chi connectivity index (χ4n) is 1.13. The zero-order valence-corrected chi connectivity index (χ0v) is 9.53. The van der Waals surface area contributed by atoms with Gasteiger partial charge in [-0.15, -0.1) is 0 Å². The molecule has 0 aliphatic carbocycles. The normalized spacial score (nSPS) is 11.1. The minimum Gasteiger partial charge on any atom is -0.462 e. The lowest BCUT2D eigenvalue weighted by molar-refractivity contribution is 0.0500. The van der Waals surface area contributed by atoms with E-state index in [1.807, 2.05) is 6.92 Å². The number of carbonyl (C=O) groups excluding carboxylic acids is 1. The van der Waals surface area contributed by atoms with Gasteiger partial charge in [0.2, 0.25) is 0 Å². The molecule has 0 aliphatic heterocycles. The van der Waals surface area contributed by atoms with Crippen LogP contribution in [0.2, 0.25) is 0 Å². The Hall–Kier alpha value is -1.40. The molecule has 1 aromatic rings. The van der Waals surface area contributed by atoms with Crippen LogP contribution in [0.5, 0.6) is 0 Å². The van der Waals surface area contributed by atoms with Gasteiger partial charge in [-0.2, -0.15) is 8.42 Å². The van der Waals surface area contributed by atoms with Crippen LogP contribution in [0.1, 0.15) is 23.7 Å². The zero-order chi connectivity index (χ0) is 12.2. The summed E-state index contributed by atoms with van der Waals surface area (Å²) in [5.74, 6) is -0.755. The van der Waals surface area contributed by atoms with Gasteiger partial charge in [-0.05, 0) is 18.6 Å². The molecule has 0 atom stereocenters. The molecule has 88 valence electrons. The van der Waals surface area contributed by atoms with Crippen LogP contribution in [0.4, 0.5) is 0 Å². The summed E-state index contributed by atoms with van der Waals surface area (Å²) in [5, 5.41) is 0. The van der Waals surface area contributed by atoms with E-state index in [-0.39, 0.29) is 12.2 Å². The van der Waals surface area contributed by atoms with Gasteiger partial charge in [-0.3, -0.25) is 4.55 Å². The second kappa shape index (κ2) is 5.09. The second-order valence-electron chi connectivity index (χ2n) is 3.11. The van der Waals surface area contributed by atoms with E-state index in [1.165, 1.54) is 18.2 Å². The van der Waals surface area contributed by atoms with E-state index in [2.05, 4.69) is 0 Å². The summed E-state index contributed by atoms with van der Waals surface area (Å²) in [7, 11) is -4.40. The maximum absolute atomic E-state index is 11.5. The minimum absolute atomic E-state index is 0.154. The Kier molecular flexibility index (Phi) is 4.03. The molecule has 1 aromatic carbocycles. The maximum Gasteiger partial charge on any atom is 0.339 e. The number of carbonyl (C=O) groups is 1. The fraction of sp³-hybridized carbons (Fsp3) is 0.300. The number of hydrogen-bond donors (Lipinski definition) is 1. The average Bonchev–Trinajstić information content (AvgIpc) is 2.24. The Morgan fingerprint density at radius 2 is 2.00 bits per heavy atom. The topological polar surface area (TPSA) is 80.7 Å². The van der Waals surface area contributed by atoms with Crippen LogP contribution in [0.3, 0.4) is 0 Å². The van der Waals surface area contributed by atoms with E-state index in [0.29, 0.717) is 6.42 Å². The number of rotatable bonds is 4. The highest BCUT2D eigenvalue weighted by Crippen LogP contribution is 2.15. The van der Waals surface area contributed by atoms with E-state index >= 15 is 0 Å². The van der Waals surface area contributed by atoms with Gasteiger partial charge >= 0.3 is 5.97 Å². The number of ether oxygens (including phenoxy) is 1. The molecule has 1 rings (SSSR count). The lowest BCUT2D eigenvalue weighted by Crippen LogP contribution is -2.11. The molecule has 16 heavy (non-hydrogen) atoms. The maximum atomic E-state index is 11.5. The largest absolute Gasteiger partial charge is 0.462 e. The molecule has 0 unspecified atom stereocenters. The lowest BCUT2D eigenvalue weighted by Gasteiger charge is -2.06. The predicted molar refractivity (Wildman–Crippen MR) is 56.8 cm³/mol. The van der Waals surface area contributed by atoms with Crippen LogP contribution in [0.15, 0.2) is 29.2 Å². The molecule has 0 aliphatic rings. The molecule has 0 amide bonds. The summed E-state index contributed by atoms with van der Waals surface area (Å²) in [6.45, 7) is 2.03. The molecule has 0 heterocycles. The van der Waals surface area contributed by atoms with E-state index in [0.717, 1.165) is 6.07 Å². The van der Waals surface area contributed by atoms with Gasteiger partial charge in [0.1, 0.15) is 4.90 Å². The Bertz CT molecular complexity index is 478. The number of benzene rings is 1. The van der Waals surface area contributed by atoms with Gasteiger partial charge in [-0.1, -0.05) is 19.1 Å². The Balaban J connectivity index is 3.09. The second-order valence-corrected chi connectivity index (χ2v) is 4.50. The SMILES string of the molecule is CCCOC(=O)c1ccccc1S(=O)(=O)O. The summed E-state index contributed by atoms with van der Waals surface area (Å²) < 4.78 is 35.7. The van der Waals surface area contributed by atoms with Crippen LogP contribution in [0, 0.1) is 0 Å². The van der Waals surface area contributed by atoms with Crippen molar-refractivity contribution in [2.45, 2.75) is 18.2 Å². The van der Waals surface area contributed by atoms with Crippen LogP contribution in [-0.2, 0) is 14.9 Å². The van der Waals surface area contributed by atoms with Crippen LogP contribution >= 0.6 is 0 Å². The number of esters is 1. The van der Waals surface area contributed by atoms with Crippen molar-refractivity contribution in [1.82, 2.24) is 0 Å². The smallest absolute Gasteiger partial charge is 0.339 e. The quantitative estimate of drug-likeness (QED) is 0.641. The summed E-state index contributed by atoms with van der Waals surface area (Å²) in [5.41, 5.74) is -0.154. The first-order valence-corrected chi connectivity index (χ1v) is 6.14. The summed E-state index contributed by atoms with van der Waals surface area (Å²) in [6, 6.07) is 5.36.